The van der Waals surface area contributed by atoms with Gasteiger partial charge in [0.05, 0.1) is 11.0 Å². The quantitative estimate of drug-likeness (QED) is 0.252. The highest BCUT2D eigenvalue weighted by Crippen LogP contribution is 2.36. The summed E-state index contributed by atoms with van der Waals surface area (Å²) in [4.78, 5) is 3.54. The second-order valence-electron chi connectivity index (χ2n) is 11.2. The number of para-hydroxylation sites is 1. The number of aromatic amines is 1. The SMILES string of the molecule is CC(C)c1ccc2c(c1)c1cc(C(C)C)ccc1n2-c1ccc(-c2ccc3[nH]c4ccccc4c3c2)cc1. The van der Waals surface area contributed by atoms with Gasteiger partial charge in [-0.3, -0.25) is 0 Å². The van der Waals surface area contributed by atoms with Crippen LogP contribution in [0.5, 0.6) is 0 Å². The average molecular weight is 493 g/mol. The van der Waals surface area contributed by atoms with E-state index >= 15 is 0 Å². The van der Waals surface area contributed by atoms with Crippen LogP contribution >= 0.6 is 0 Å². The molecule has 7 aromatic rings. The Morgan fingerprint density at radius 1 is 0.500 bits per heavy atom. The predicted octanol–water partition coefficient (Wildman–Crippen LogP) is 10.3. The molecule has 0 saturated carbocycles. The second-order valence-corrected chi connectivity index (χ2v) is 11.2. The van der Waals surface area contributed by atoms with Gasteiger partial charge in [-0.05, 0) is 88.7 Å². The number of hydrogen-bond acceptors (Lipinski definition) is 0. The van der Waals surface area contributed by atoms with Gasteiger partial charge in [-0.25, -0.2) is 0 Å². The van der Waals surface area contributed by atoms with Gasteiger partial charge < -0.3 is 9.55 Å². The maximum atomic E-state index is 3.54. The first-order valence-electron chi connectivity index (χ1n) is 13.7. The highest BCUT2D eigenvalue weighted by Gasteiger charge is 2.15. The minimum absolute atomic E-state index is 0.500. The van der Waals surface area contributed by atoms with E-state index in [0.29, 0.717) is 11.8 Å². The summed E-state index contributed by atoms with van der Waals surface area (Å²) < 4.78 is 2.42. The van der Waals surface area contributed by atoms with Crippen LogP contribution < -0.4 is 0 Å². The van der Waals surface area contributed by atoms with Gasteiger partial charge >= 0.3 is 0 Å². The summed E-state index contributed by atoms with van der Waals surface area (Å²) in [5.41, 5.74) is 11.3. The Balaban J connectivity index is 1.37. The molecule has 186 valence electrons. The van der Waals surface area contributed by atoms with Gasteiger partial charge in [0, 0.05) is 38.3 Å². The van der Waals surface area contributed by atoms with Crippen molar-refractivity contribution >= 4 is 43.6 Å². The fourth-order valence-corrected chi connectivity index (χ4v) is 5.89. The molecule has 0 amide bonds. The zero-order valence-electron chi connectivity index (χ0n) is 22.4. The van der Waals surface area contributed by atoms with Crippen LogP contribution in [-0.4, -0.2) is 9.55 Å². The number of rotatable bonds is 4. The van der Waals surface area contributed by atoms with Crippen molar-refractivity contribution in [2.75, 3.05) is 0 Å². The van der Waals surface area contributed by atoms with Crippen LogP contribution in [0, 0.1) is 0 Å². The molecule has 38 heavy (non-hydrogen) atoms. The van der Waals surface area contributed by atoms with Gasteiger partial charge in [0.1, 0.15) is 0 Å². The third kappa shape index (κ3) is 3.55. The summed E-state index contributed by atoms with van der Waals surface area (Å²) in [5.74, 6) is 1.000. The number of hydrogen-bond donors (Lipinski definition) is 1. The summed E-state index contributed by atoms with van der Waals surface area (Å²) in [5, 5.41) is 5.21. The van der Waals surface area contributed by atoms with Crippen LogP contribution in [0.15, 0.2) is 103 Å². The molecule has 0 aliphatic rings. The fraction of sp³-hybridized carbons (Fsp3) is 0.167. The average Bonchev–Trinajstić information content (AvgIpc) is 3.47. The van der Waals surface area contributed by atoms with Gasteiger partial charge in [-0.15, -0.1) is 0 Å². The van der Waals surface area contributed by atoms with E-state index in [1.165, 1.54) is 71.6 Å². The molecule has 0 bridgehead atoms. The summed E-state index contributed by atoms with van der Waals surface area (Å²) in [7, 11) is 0. The zero-order chi connectivity index (χ0) is 26.0. The summed E-state index contributed by atoms with van der Waals surface area (Å²) in [6.45, 7) is 9.08. The van der Waals surface area contributed by atoms with E-state index in [9.17, 15) is 0 Å². The lowest BCUT2D eigenvalue weighted by atomic mass is 9.98. The van der Waals surface area contributed by atoms with Crippen molar-refractivity contribution in [3.8, 4) is 16.8 Å². The molecule has 0 spiro atoms. The van der Waals surface area contributed by atoms with Crippen molar-refractivity contribution in [2.45, 2.75) is 39.5 Å². The third-order valence-corrected chi connectivity index (χ3v) is 8.11. The maximum Gasteiger partial charge on any atom is 0.0541 e. The largest absolute Gasteiger partial charge is 0.355 e. The lowest BCUT2D eigenvalue weighted by molar-refractivity contribution is 0.868. The summed E-state index contributed by atoms with van der Waals surface area (Å²) in [6, 6.07) is 38.3. The summed E-state index contributed by atoms with van der Waals surface area (Å²) in [6.07, 6.45) is 0. The van der Waals surface area contributed by atoms with Crippen LogP contribution in [-0.2, 0) is 0 Å². The van der Waals surface area contributed by atoms with Crippen molar-refractivity contribution < 1.29 is 0 Å². The van der Waals surface area contributed by atoms with Gasteiger partial charge in [0.15, 0.2) is 0 Å². The first kappa shape index (κ1) is 22.9. The predicted molar refractivity (Wildman–Crippen MR) is 164 cm³/mol. The number of benzene rings is 5. The highest BCUT2D eigenvalue weighted by atomic mass is 15.0. The molecule has 2 aromatic heterocycles. The standard InChI is InChI=1S/C36H32N2/c1-22(2)25-12-17-35-31(19-25)32-20-26(23(3)4)13-18-36(32)38(35)28-14-9-24(10-15-28)27-11-16-34-30(21-27)29-7-5-6-8-33(29)37-34/h5-23,37H,1-4H3. The molecular weight excluding hydrogens is 460 g/mol. The minimum atomic E-state index is 0.500. The van der Waals surface area contributed by atoms with E-state index in [1.54, 1.807) is 0 Å². The Morgan fingerprint density at radius 2 is 1.08 bits per heavy atom. The molecule has 5 aromatic carbocycles. The maximum absolute atomic E-state index is 3.54. The minimum Gasteiger partial charge on any atom is -0.355 e. The molecule has 0 radical (unpaired) electrons. The van der Waals surface area contributed by atoms with Gasteiger partial charge in [0.25, 0.3) is 0 Å². The molecule has 0 saturated heterocycles. The van der Waals surface area contributed by atoms with Crippen LogP contribution in [0.1, 0.15) is 50.7 Å². The van der Waals surface area contributed by atoms with Crippen LogP contribution in [0.2, 0.25) is 0 Å². The molecule has 2 heteroatoms. The number of fused-ring (bicyclic) bond motifs is 6. The number of H-pyrrole nitrogens is 1. The van der Waals surface area contributed by atoms with Crippen molar-refractivity contribution in [3.63, 3.8) is 0 Å². The monoisotopic (exact) mass is 492 g/mol. The topological polar surface area (TPSA) is 20.7 Å². The Labute approximate surface area is 223 Å². The molecule has 2 heterocycles. The normalized spacial score (nSPS) is 12.2. The first-order chi connectivity index (χ1) is 18.5. The molecule has 1 N–H and O–H groups in total. The molecule has 0 aliphatic carbocycles. The van der Waals surface area contributed by atoms with Gasteiger partial charge in [-0.2, -0.15) is 0 Å². The lowest BCUT2D eigenvalue weighted by Crippen LogP contribution is -1.95. The van der Waals surface area contributed by atoms with Crippen molar-refractivity contribution in [1.82, 2.24) is 9.55 Å². The smallest absolute Gasteiger partial charge is 0.0541 e. The Bertz CT molecular complexity index is 1900. The Kier molecular flexibility index (Phi) is 5.19. The van der Waals surface area contributed by atoms with Crippen LogP contribution in [0.3, 0.4) is 0 Å². The van der Waals surface area contributed by atoms with Crippen molar-refractivity contribution in [3.05, 3.63) is 114 Å². The first-order valence-corrected chi connectivity index (χ1v) is 13.7. The van der Waals surface area contributed by atoms with Crippen molar-refractivity contribution in [2.24, 2.45) is 0 Å². The van der Waals surface area contributed by atoms with E-state index in [4.69, 9.17) is 0 Å². The molecule has 0 fully saturated rings. The number of nitrogens with one attached hydrogen (secondary N) is 1. The van der Waals surface area contributed by atoms with Crippen molar-refractivity contribution in [1.29, 1.82) is 0 Å². The van der Waals surface area contributed by atoms with E-state index in [2.05, 4.69) is 140 Å². The molecular formula is C36H32N2. The van der Waals surface area contributed by atoms with E-state index in [-0.39, 0.29) is 0 Å². The molecule has 7 rings (SSSR count). The number of nitrogens with zero attached hydrogens (tertiary/aromatic N) is 1. The lowest BCUT2D eigenvalue weighted by Gasteiger charge is -2.11. The van der Waals surface area contributed by atoms with E-state index < -0.39 is 0 Å². The highest BCUT2D eigenvalue weighted by molar-refractivity contribution is 6.10. The molecule has 2 nitrogen and oxygen atoms in total. The number of aromatic nitrogens is 2. The second kappa shape index (κ2) is 8.63. The van der Waals surface area contributed by atoms with Gasteiger partial charge in [-0.1, -0.05) is 76.2 Å². The Morgan fingerprint density at radius 3 is 1.71 bits per heavy atom. The van der Waals surface area contributed by atoms with Crippen LogP contribution in [0.25, 0.3) is 60.4 Å². The van der Waals surface area contributed by atoms with E-state index in [0.717, 1.165) is 0 Å². The Hall–Kier alpha value is -4.30. The molecule has 0 aliphatic heterocycles. The summed E-state index contributed by atoms with van der Waals surface area (Å²) >= 11 is 0. The van der Waals surface area contributed by atoms with Crippen LogP contribution in [0.4, 0.5) is 0 Å². The molecule has 0 atom stereocenters. The third-order valence-electron chi connectivity index (χ3n) is 8.11. The van der Waals surface area contributed by atoms with E-state index in [1.807, 2.05) is 0 Å². The van der Waals surface area contributed by atoms with Gasteiger partial charge in [0.2, 0.25) is 0 Å². The molecule has 0 unspecified atom stereocenters. The zero-order valence-corrected chi connectivity index (χ0v) is 22.4. The fourth-order valence-electron chi connectivity index (χ4n) is 5.89.